The summed E-state index contributed by atoms with van der Waals surface area (Å²) >= 11 is 0. The van der Waals surface area contributed by atoms with Crippen LogP contribution in [0.1, 0.15) is 11.4 Å². The maximum atomic E-state index is 13.5. The first-order chi connectivity index (χ1) is 7.09. The quantitative estimate of drug-likeness (QED) is 0.675. The molecule has 1 aromatic heterocycles. The number of halogens is 2. The molecule has 0 N–H and O–H groups in total. The van der Waals surface area contributed by atoms with Crippen molar-refractivity contribution >= 4 is 0 Å². The number of aryl methyl sites for hydroxylation is 2. The van der Waals surface area contributed by atoms with Crippen molar-refractivity contribution in [2.24, 2.45) is 0 Å². The minimum Gasteiger partial charge on any atom is -0.316 e. The van der Waals surface area contributed by atoms with Gasteiger partial charge in [0.15, 0.2) is 0 Å². The van der Waals surface area contributed by atoms with Gasteiger partial charge in [-0.2, -0.15) is 0 Å². The fourth-order valence-corrected chi connectivity index (χ4v) is 1.71. The zero-order valence-electron chi connectivity index (χ0n) is 8.59. The summed E-state index contributed by atoms with van der Waals surface area (Å²) in [7, 11) is 0. The van der Waals surface area contributed by atoms with E-state index in [1.165, 1.54) is 12.1 Å². The van der Waals surface area contributed by atoms with Gasteiger partial charge in [0.05, 0.1) is 5.69 Å². The Labute approximate surface area is 87.0 Å². The molecule has 0 bridgehead atoms. The predicted octanol–water partition coefficient (Wildman–Crippen LogP) is 3.37. The molecule has 0 saturated heterocycles. The molecule has 0 aliphatic carbocycles. The van der Waals surface area contributed by atoms with E-state index in [1.54, 1.807) is 4.57 Å². The van der Waals surface area contributed by atoms with E-state index in [1.807, 2.05) is 26.0 Å². The smallest absolute Gasteiger partial charge is 0.150 e. The van der Waals surface area contributed by atoms with E-state index < -0.39 is 11.6 Å². The Bertz CT molecular complexity index is 481. The van der Waals surface area contributed by atoms with E-state index in [0.717, 1.165) is 17.5 Å². The first kappa shape index (κ1) is 9.90. The highest BCUT2D eigenvalue weighted by atomic mass is 19.1. The van der Waals surface area contributed by atoms with E-state index in [2.05, 4.69) is 0 Å². The Morgan fingerprint density at radius 2 is 1.53 bits per heavy atom. The molecular formula is C12H11F2N. The van der Waals surface area contributed by atoms with Crippen molar-refractivity contribution < 1.29 is 8.78 Å². The van der Waals surface area contributed by atoms with Crippen molar-refractivity contribution in [2.45, 2.75) is 13.8 Å². The third-order valence-corrected chi connectivity index (χ3v) is 2.42. The molecule has 0 aliphatic rings. The number of hydrogen-bond donors (Lipinski definition) is 0. The van der Waals surface area contributed by atoms with E-state index in [-0.39, 0.29) is 0 Å². The van der Waals surface area contributed by atoms with Gasteiger partial charge >= 0.3 is 0 Å². The second-order valence-electron chi connectivity index (χ2n) is 3.55. The SMILES string of the molecule is Cc1ccc(C)n1-c1ccc(F)cc1F. The molecule has 2 rings (SSSR count). The second-order valence-corrected chi connectivity index (χ2v) is 3.55. The maximum Gasteiger partial charge on any atom is 0.150 e. The van der Waals surface area contributed by atoms with Crippen LogP contribution in [0.15, 0.2) is 30.3 Å². The van der Waals surface area contributed by atoms with Crippen LogP contribution in [-0.2, 0) is 0 Å². The third kappa shape index (κ3) is 1.65. The Morgan fingerprint density at radius 1 is 0.933 bits per heavy atom. The van der Waals surface area contributed by atoms with Gasteiger partial charge in [-0.1, -0.05) is 0 Å². The monoisotopic (exact) mass is 207 g/mol. The van der Waals surface area contributed by atoms with Gasteiger partial charge in [-0.3, -0.25) is 0 Å². The minimum atomic E-state index is -0.557. The van der Waals surface area contributed by atoms with Crippen molar-refractivity contribution in [3.8, 4) is 5.69 Å². The predicted molar refractivity (Wildman–Crippen MR) is 55.2 cm³/mol. The maximum absolute atomic E-state index is 13.5. The van der Waals surface area contributed by atoms with Gasteiger partial charge in [0.1, 0.15) is 11.6 Å². The van der Waals surface area contributed by atoms with Crippen molar-refractivity contribution in [3.05, 3.63) is 53.4 Å². The Balaban J connectivity index is 2.64. The van der Waals surface area contributed by atoms with Crippen LogP contribution in [0.2, 0.25) is 0 Å². The summed E-state index contributed by atoms with van der Waals surface area (Å²) in [5.74, 6) is -1.10. The van der Waals surface area contributed by atoms with E-state index >= 15 is 0 Å². The molecule has 3 heteroatoms. The summed E-state index contributed by atoms with van der Waals surface area (Å²) in [5.41, 5.74) is 2.24. The molecule has 1 aromatic carbocycles. The van der Waals surface area contributed by atoms with Crippen LogP contribution in [0.3, 0.4) is 0 Å². The molecule has 78 valence electrons. The highest BCUT2D eigenvalue weighted by Gasteiger charge is 2.09. The van der Waals surface area contributed by atoms with Crippen LogP contribution in [0.4, 0.5) is 8.78 Å². The zero-order valence-corrected chi connectivity index (χ0v) is 8.59. The zero-order chi connectivity index (χ0) is 11.0. The molecule has 2 aromatic rings. The van der Waals surface area contributed by atoms with Crippen molar-refractivity contribution in [3.63, 3.8) is 0 Å². The van der Waals surface area contributed by atoms with Gasteiger partial charge < -0.3 is 4.57 Å². The lowest BCUT2D eigenvalue weighted by Crippen LogP contribution is -2.01. The summed E-state index contributed by atoms with van der Waals surface area (Å²) in [5, 5.41) is 0. The molecule has 0 unspecified atom stereocenters. The van der Waals surface area contributed by atoms with Crippen LogP contribution in [-0.4, -0.2) is 4.57 Å². The van der Waals surface area contributed by atoms with Crippen LogP contribution in [0, 0.1) is 25.5 Å². The summed E-state index contributed by atoms with van der Waals surface area (Å²) in [4.78, 5) is 0. The molecule has 15 heavy (non-hydrogen) atoms. The highest BCUT2D eigenvalue weighted by Crippen LogP contribution is 2.19. The Hall–Kier alpha value is -1.64. The van der Waals surface area contributed by atoms with Crippen LogP contribution < -0.4 is 0 Å². The van der Waals surface area contributed by atoms with Crippen LogP contribution >= 0.6 is 0 Å². The van der Waals surface area contributed by atoms with E-state index in [4.69, 9.17) is 0 Å². The Kier molecular flexibility index (Phi) is 2.31. The molecular weight excluding hydrogens is 196 g/mol. The molecule has 0 aliphatic heterocycles. The molecule has 1 nitrogen and oxygen atoms in total. The largest absolute Gasteiger partial charge is 0.316 e. The average molecular weight is 207 g/mol. The highest BCUT2D eigenvalue weighted by molar-refractivity contribution is 5.39. The number of nitrogens with zero attached hydrogens (tertiary/aromatic N) is 1. The number of hydrogen-bond acceptors (Lipinski definition) is 0. The summed E-state index contributed by atoms with van der Waals surface area (Å²) < 4.78 is 28.0. The van der Waals surface area contributed by atoms with Gasteiger partial charge in [0.25, 0.3) is 0 Å². The number of benzene rings is 1. The lowest BCUT2D eigenvalue weighted by atomic mass is 10.3. The van der Waals surface area contributed by atoms with Gasteiger partial charge in [-0.25, -0.2) is 8.78 Å². The molecule has 0 saturated carbocycles. The normalized spacial score (nSPS) is 10.7. The van der Waals surface area contributed by atoms with Crippen molar-refractivity contribution in [1.29, 1.82) is 0 Å². The fraction of sp³-hybridized carbons (Fsp3) is 0.167. The second kappa shape index (κ2) is 3.50. The molecule has 0 atom stereocenters. The number of aromatic nitrogens is 1. The van der Waals surface area contributed by atoms with Crippen LogP contribution in [0.5, 0.6) is 0 Å². The van der Waals surface area contributed by atoms with E-state index in [0.29, 0.717) is 5.69 Å². The summed E-state index contributed by atoms with van der Waals surface area (Å²) in [6.07, 6.45) is 0. The molecule has 0 spiro atoms. The lowest BCUT2D eigenvalue weighted by Gasteiger charge is -2.10. The van der Waals surface area contributed by atoms with Gasteiger partial charge in [-0.15, -0.1) is 0 Å². The van der Waals surface area contributed by atoms with Gasteiger partial charge in [0.2, 0.25) is 0 Å². The molecule has 0 amide bonds. The van der Waals surface area contributed by atoms with Crippen molar-refractivity contribution in [2.75, 3.05) is 0 Å². The van der Waals surface area contributed by atoms with Gasteiger partial charge in [-0.05, 0) is 38.1 Å². The first-order valence-corrected chi connectivity index (χ1v) is 4.70. The van der Waals surface area contributed by atoms with E-state index in [9.17, 15) is 8.78 Å². The fourth-order valence-electron chi connectivity index (χ4n) is 1.71. The first-order valence-electron chi connectivity index (χ1n) is 4.70. The topological polar surface area (TPSA) is 4.93 Å². The van der Waals surface area contributed by atoms with Crippen LogP contribution in [0.25, 0.3) is 5.69 Å². The minimum absolute atomic E-state index is 0.386. The standard InChI is InChI=1S/C12H11F2N/c1-8-3-4-9(2)15(8)12-6-5-10(13)7-11(12)14/h3-7H,1-2H3. The Morgan fingerprint density at radius 3 is 2.07 bits per heavy atom. The number of rotatable bonds is 1. The molecule has 0 radical (unpaired) electrons. The summed E-state index contributed by atoms with van der Waals surface area (Å²) in [6.45, 7) is 3.77. The third-order valence-electron chi connectivity index (χ3n) is 2.42. The molecule has 0 fully saturated rings. The average Bonchev–Trinajstić information content (AvgIpc) is 2.48. The van der Waals surface area contributed by atoms with Crippen molar-refractivity contribution in [1.82, 2.24) is 4.57 Å². The lowest BCUT2D eigenvalue weighted by molar-refractivity contribution is 0.576. The van der Waals surface area contributed by atoms with Gasteiger partial charge in [0, 0.05) is 17.5 Å². The summed E-state index contributed by atoms with van der Waals surface area (Å²) in [6, 6.07) is 7.41. The molecule has 1 heterocycles.